The second-order valence-electron chi connectivity index (χ2n) is 6.94. The molecule has 154 valence electrons. The molecule has 0 atom stereocenters. The van der Waals surface area contributed by atoms with Crippen molar-refractivity contribution in [2.75, 3.05) is 37.3 Å². The first-order valence-corrected chi connectivity index (χ1v) is 10.9. The van der Waals surface area contributed by atoms with Crippen molar-refractivity contribution in [3.63, 3.8) is 0 Å². The minimum Gasteiger partial charge on any atom is -0.353 e. The SMILES string of the molecule is CS(=O)(=O)c1ccc2ncnc(N3CCN(Cc4nccn4C(F)F)CC3)c2c1. The van der Waals surface area contributed by atoms with Crippen LogP contribution in [0.2, 0.25) is 0 Å². The van der Waals surface area contributed by atoms with Crippen molar-refractivity contribution in [2.45, 2.75) is 18.0 Å². The fraction of sp³-hybridized carbons (Fsp3) is 0.389. The van der Waals surface area contributed by atoms with Crippen LogP contribution in [0.15, 0.2) is 41.8 Å². The molecule has 0 amide bonds. The number of sulfone groups is 1. The molecule has 0 bridgehead atoms. The highest BCUT2D eigenvalue weighted by atomic mass is 32.2. The van der Waals surface area contributed by atoms with Crippen LogP contribution in [-0.2, 0) is 16.4 Å². The predicted molar refractivity (Wildman–Crippen MR) is 104 cm³/mol. The van der Waals surface area contributed by atoms with Gasteiger partial charge in [0.15, 0.2) is 9.84 Å². The lowest BCUT2D eigenvalue weighted by atomic mass is 10.2. The van der Waals surface area contributed by atoms with Gasteiger partial charge in [0.2, 0.25) is 0 Å². The van der Waals surface area contributed by atoms with Gasteiger partial charge in [-0.25, -0.2) is 23.4 Å². The van der Waals surface area contributed by atoms with Gasteiger partial charge in [-0.15, -0.1) is 0 Å². The number of benzene rings is 1. The second kappa shape index (κ2) is 7.64. The summed E-state index contributed by atoms with van der Waals surface area (Å²) < 4.78 is 50.7. The zero-order valence-corrected chi connectivity index (χ0v) is 16.6. The Morgan fingerprint density at radius 2 is 1.86 bits per heavy atom. The van der Waals surface area contributed by atoms with Gasteiger partial charge in [0.1, 0.15) is 18.0 Å². The van der Waals surface area contributed by atoms with E-state index in [2.05, 4.69) is 24.8 Å². The first kappa shape index (κ1) is 19.6. The van der Waals surface area contributed by atoms with Crippen LogP contribution in [0.3, 0.4) is 0 Å². The Bertz CT molecular complexity index is 1130. The largest absolute Gasteiger partial charge is 0.353 e. The predicted octanol–water partition coefficient (Wildman–Crippen LogP) is 1.95. The number of aromatic nitrogens is 4. The summed E-state index contributed by atoms with van der Waals surface area (Å²) >= 11 is 0. The summed E-state index contributed by atoms with van der Waals surface area (Å²) in [6.07, 6.45) is 5.29. The maximum absolute atomic E-state index is 13.0. The number of hydrogen-bond acceptors (Lipinski definition) is 7. The molecule has 4 rings (SSSR count). The van der Waals surface area contributed by atoms with Gasteiger partial charge < -0.3 is 4.90 Å². The third-order valence-corrected chi connectivity index (χ3v) is 6.12. The summed E-state index contributed by atoms with van der Waals surface area (Å²) in [5, 5.41) is 0.678. The molecule has 0 unspecified atom stereocenters. The lowest BCUT2D eigenvalue weighted by Crippen LogP contribution is -2.46. The summed E-state index contributed by atoms with van der Waals surface area (Å²) in [7, 11) is -3.34. The molecule has 1 fully saturated rings. The summed E-state index contributed by atoms with van der Waals surface area (Å²) in [6, 6.07) is 4.82. The molecule has 0 N–H and O–H groups in total. The van der Waals surface area contributed by atoms with Crippen molar-refractivity contribution in [3.8, 4) is 0 Å². The minimum absolute atomic E-state index is 0.221. The van der Waals surface area contributed by atoms with Gasteiger partial charge >= 0.3 is 6.55 Å². The molecule has 11 heteroatoms. The number of alkyl halides is 2. The molecule has 2 aromatic heterocycles. The van der Waals surface area contributed by atoms with Crippen LogP contribution < -0.4 is 4.90 Å². The van der Waals surface area contributed by atoms with Crippen LogP contribution in [0.25, 0.3) is 10.9 Å². The maximum atomic E-state index is 13.0. The number of anilines is 1. The molecule has 3 aromatic rings. The van der Waals surface area contributed by atoms with Crippen LogP contribution in [0, 0.1) is 0 Å². The van der Waals surface area contributed by atoms with Crippen LogP contribution in [0.4, 0.5) is 14.6 Å². The van der Waals surface area contributed by atoms with E-state index >= 15 is 0 Å². The number of rotatable bonds is 5. The zero-order chi connectivity index (χ0) is 20.6. The Kier molecular flexibility index (Phi) is 5.17. The Hall–Kier alpha value is -2.66. The summed E-state index contributed by atoms with van der Waals surface area (Å²) in [5.41, 5.74) is 0.670. The molecule has 1 aliphatic rings. The van der Waals surface area contributed by atoms with Crippen molar-refractivity contribution in [1.29, 1.82) is 0 Å². The van der Waals surface area contributed by atoms with Gasteiger partial charge in [0.05, 0.1) is 17.0 Å². The maximum Gasteiger partial charge on any atom is 0.319 e. The van der Waals surface area contributed by atoms with Crippen molar-refractivity contribution in [2.24, 2.45) is 0 Å². The molecule has 0 spiro atoms. The molecule has 29 heavy (non-hydrogen) atoms. The van der Waals surface area contributed by atoms with Crippen molar-refractivity contribution in [3.05, 3.63) is 42.7 Å². The fourth-order valence-corrected chi connectivity index (χ4v) is 4.11. The number of nitrogens with zero attached hydrogens (tertiary/aromatic N) is 6. The molecule has 0 saturated carbocycles. The molecular weight excluding hydrogens is 402 g/mol. The lowest BCUT2D eigenvalue weighted by molar-refractivity contribution is 0.0637. The highest BCUT2D eigenvalue weighted by Gasteiger charge is 2.22. The smallest absolute Gasteiger partial charge is 0.319 e. The highest BCUT2D eigenvalue weighted by Crippen LogP contribution is 2.27. The van der Waals surface area contributed by atoms with E-state index in [9.17, 15) is 17.2 Å². The van der Waals surface area contributed by atoms with Crippen molar-refractivity contribution in [1.82, 2.24) is 24.4 Å². The first-order valence-electron chi connectivity index (χ1n) is 9.05. The van der Waals surface area contributed by atoms with Crippen LogP contribution >= 0.6 is 0 Å². The number of halogens is 2. The van der Waals surface area contributed by atoms with E-state index in [1.54, 1.807) is 12.1 Å². The van der Waals surface area contributed by atoms with E-state index < -0.39 is 16.4 Å². The van der Waals surface area contributed by atoms with E-state index in [-0.39, 0.29) is 4.90 Å². The van der Waals surface area contributed by atoms with Gasteiger partial charge in [0, 0.05) is 50.2 Å². The minimum atomic E-state index is -3.34. The summed E-state index contributed by atoms with van der Waals surface area (Å²) in [4.78, 5) is 17.0. The topological polar surface area (TPSA) is 84.2 Å². The van der Waals surface area contributed by atoms with Crippen molar-refractivity contribution >= 4 is 26.6 Å². The quantitative estimate of drug-likeness (QED) is 0.621. The molecule has 8 nitrogen and oxygen atoms in total. The number of fused-ring (bicyclic) bond motifs is 1. The molecule has 1 aromatic carbocycles. The highest BCUT2D eigenvalue weighted by molar-refractivity contribution is 7.90. The summed E-state index contributed by atoms with van der Waals surface area (Å²) in [6.45, 7) is 0.286. The van der Waals surface area contributed by atoms with E-state index in [0.717, 1.165) is 4.57 Å². The molecular formula is C18H20F2N6O2S. The van der Waals surface area contributed by atoms with Gasteiger partial charge in [-0.1, -0.05) is 0 Å². The number of imidazole rings is 1. The molecule has 1 saturated heterocycles. The van der Waals surface area contributed by atoms with Crippen LogP contribution in [-0.4, -0.2) is 65.3 Å². The van der Waals surface area contributed by atoms with Crippen molar-refractivity contribution < 1.29 is 17.2 Å². The molecule has 0 aliphatic carbocycles. The molecule has 3 heterocycles. The van der Waals surface area contributed by atoms with E-state index in [4.69, 9.17) is 0 Å². The van der Waals surface area contributed by atoms with Gasteiger partial charge in [-0.3, -0.25) is 9.47 Å². The Morgan fingerprint density at radius 3 is 2.55 bits per heavy atom. The standard InChI is InChI=1S/C18H20F2N6O2S/c1-29(27,28)13-2-3-15-14(10-13)17(23-12-22-15)25-8-6-24(7-9-25)11-16-21-4-5-26(16)18(19)20/h2-5,10,12,18H,6-9,11H2,1H3. The van der Waals surface area contributed by atoms with Crippen LogP contribution in [0.1, 0.15) is 12.4 Å². The molecule has 0 radical (unpaired) electrons. The Labute approximate surface area is 166 Å². The average molecular weight is 422 g/mol. The second-order valence-corrected chi connectivity index (χ2v) is 8.96. The van der Waals surface area contributed by atoms with E-state index in [1.807, 2.05) is 0 Å². The summed E-state index contributed by atoms with van der Waals surface area (Å²) in [5.74, 6) is 1.01. The third kappa shape index (κ3) is 4.06. The lowest BCUT2D eigenvalue weighted by Gasteiger charge is -2.35. The van der Waals surface area contributed by atoms with E-state index in [1.165, 1.54) is 31.0 Å². The Balaban J connectivity index is 1.52. The van der Waals surface area contributed by atoms with Gasteiger partial charge in [0.25, 0.3) is 0 Å². The first-order chi connectivity index (χ1) is 13.8. The monoisotopic (exact) mass is 422 g/mol. The number of piperazine rings is 1. The third-order valence-electron chi connectivity index (χ3n) is 5.01. The zero-order valence-electron chi connectivity index (χ0n) is 15.7. The van der Waals surface area contributed by atoms with Crippen LogP contribution in [0.5, 0.6) is 0 Å². The van der Waals surface area contributed by atoms with Gasteiger partial charge in [-0.05, 0) is 18.2 Å². The van der Waals surface area contributed by atoms with E-state index in [0.29, 0.717) is 55.3 Å². The normalized spacial score (nSPS) is 16.1. The molecule has 1 aliphatic heterocycles. The fourth-order valence-electron chi connectivity index (χ4n) is 3.47. The van der Waals surface area contributed by atoms with Gasteiger partial charge in [-0.2, -0.15) is 8.78 Å². The average Bonchev–Trinajstić information content (AvgIpc) is 3.15. The number of hydrogen-bond donors (Lipinski definition) is 0. The Morgan fingerprint density at radius 1 is 1.10 bits per heavy atom.